The summed E-state index contributed by atoms with van der Waals surface area (Å²) in [4.78, 5) is 0.751. The zero-order chi connectivity index (χ0) is 13.1. The van der Waals surface area contributed by atoms with Crippen molar-refractivity contribution in [3.05, 3.63) is 23.2 Å². The first-order chi connectivity index (χ1) is 8.61. The molecule has 0 radical (unpaired) electrons. The average molecular weight is 286 g/mol. The molecular weight excluding hydrogens is 266 g/mol. The Labute approximate surface area is 116 Å². The molecule has 2 N–H and O–H groups in total. The summed E-state index contributed by atoms with van der Waals surface area (Å²) in [7, 11) is -0.996. The van der Waals surface area contributed by atoms with Crippen molar-refractivity contribution in [1.29, 1.82) is 0 Å². The van der Waals surface area contributed by atoms with Gasteiger partial charge in [-0.2, -0.15) is 0 Å². The van der Waals surface area contributed by atoms with E-state index in [0.717, 1.165) is 23.7 Å². The Morgan fingerprint density at radius 3 is 2.89 bits per heavy atom. The zero-order valence-electron chi connectivity index (χ0n) is 10.7. The van der Waals surface area contributed by atoms with Crippen molar-refractivity contribution < 1.29 is 4.21 Å². The fraction of sp³-hybridized carbons (Fsp3) is 0.571. The number of nitrogens with two attached hydrogens (primary N) is 1. The first-order valence-corrected chi connectivity index (χ1v) is 8.16. The molecule has 100 valence electrons. The molecule has 3 unspecified atom stereocenters. The third-order valence-corrected chi connectivity index (χ3v) is 5.88. The minimum Gasteiger partial charge on any atom is -0.398 e. The summed E-state index contributed by atoms with van der Waals surface area (Å²) >= 11 is 5.87. The van der Waals surface area contributed by atoms with Crippen molar-refractivity contribution in [3.63, 3.8) is 0 Å². The molecule has 2 nitrogen and oxygen atoms in total. The summed E-state index contributed by atoms with van der Waals surface area (Å²) in [5.74, 6) is 0.723. The lowest BCUT2D eigenvalue weighted by molar-refractivity contribution is 0.353. The van der Waals surface area contributed by atoms with E-state index < -0.39 is 10.8 Å². The SMILES string of the molecule is CCC1CCCC(S(=O)c2ccc(Cl)cc2N)C1. The molecule has 0 spiro atoms. The maximum Gasteiger partial charge on any atom is 0.0621 e. The van der Waals surface area contributed by atoms with Gasteiger partial charge in [-0.05, 0) is 37.0 Å². The quantitative estimate of drug-likeness (QED) is 0.853. The van der Waals surface area contributed by atoms with Crippen LogP contribution in [0.25, 0.3) is 0 Å². The molecule has 0 aliphatic heterocycles. The van der Waals surface area contributed by atoms with Crippen LogP contribution < -0.4 is 5.73 Å². The number of nitrogen functional groups attached to an aromatic ring is 1. The van der Waals surface area contributed by atoms with Gasteiger partial charge in [0.25, 0.3) is 0 Å². The lowest BCUT2D eigenvalue weighted by Crippen LogP contribution is -2.24. The maximum atomic E-state index is 12.6. The Bertz CT molecular complexity index is 449. The summed E-state index contributed by atoms with van der Waals surface area (Å²) in [5, 5.41) is 0.857. The lowest BCUT2D eigenvalue weighted by Gasteiger charge is -2.28. The third kappa shape index (κ3) is 3.07. The summed E-state index contributed by atoms with van der Waals surface area (Å²) in [6.07, 6.45) is 5.75. The van der Waals surface area contributed by atoms with Crippen LogP contribution in [-0.4, -0.2) is 9.46 Å². The molecule has 0 aromatic heterocycles. The van der Waals surface area contributed by atoms with Crippen molar-refractivity contribution in [2.45, 2.75) is 49.2 Å². The summed E-state index contributed by atoms with van der Waals surface area (Å²) in [6.45, 7) is 2.21. The Balaban J connectivity index is 2.15. The third-order valence-electron chi connectivity index (χ3n) is 3.80. The van der Waals surface area contributed by atoms with Crippen molar-refractivity contribution in [2.75, 3.05) is 5.73 Å². The van der Waals surface area contributed by atoms with Crippen molar-refractivity contribution >= 4 is 28.1 Å². The Kier molecular flexibility index (Phi) is 4.68. The molecule has 0 heterocycles. The maximum absolute atomic E-state index is 12.6. The fourth-order valence-corrected chi connectivity index (χ4v) is 4.55. The molecule has 18 heavy (non-hydrogen) atoms. The van der Waals surface area contributed by atoms with Crippen LogP contribution in [0.3, 0.4) is 0 Å². The first-order valence-electron chi connectivity index (χ1n) is 6.57. The van der Waals surface area contributed by atoms with Gasteiger partial charge in [-0.3, -0.25) is 4.21 Å². The molecule has 1 aromatic carbocycles. The number of hydrogen-bond donors (Lipinski definition) is 1. The van der Waals surface area contributed by atoms with Gasteiger partial charge in [-0.25, -0.2) is 0 Å². The molecule has 1 aliphatic carbocycles. The monoisotopic (exact) mass is 285 g/mol. The lowest BCUT2D eigenvalue weighted by atomic mass is 9.87. The van der Waals surface area contributed by atoms with Crippen LogP contribution in [-0.2, 0) is 10.8 Å². The molecule has 1 aliphatic rings. The van der Waals surface area contributed by atoms with Crippen LogP contribution in [0.1, 0.15) is 39.0 Å². The number of benzene rings is 1. The summed E-state index contributed by atoms with van der Waals surface area (Å²) in [5.41, 5.74) is 6.47. The second kappa shape index (κ2) is 6.07. The van der Waals surface area contributed by atoms with E-state index in [1.807, 2.05) is 6.07 Å². The van der Waals surface area contributed by atoms with Crippen molar-refractivity contribution in [1.82, 2.24) is 0 Å². The van der Waals surface area contributed by atoms with Crippen molar-refractivity contribution in [3.8, 4) is 0 Å². The topological polar surface area (TPSA) is 43.1 Å². The second-order valence-electron chi connectivity index (χ2n) is 5.04. The average Bonchev–Trinajstić information content (AvgIpc) is 2.38. The molecule has 0 amide bonds. The van der Waals surface area contributed by atoms with Crippen molar-refractivity contribution in [2.24, 2.45) is 5.92 Å². The van der Waals surface area contributed by atoms with Crippen LogP contribution in [0.4, 0.5) is 5.69 Å². The normalized spacial score (nSPS) is 25.9. The first kappa shape index (κ1) is 13.9. The van der Waals surface area contributed by atoms with E-state index in [1.165, 1.54) is 19.3 Å². The highest BCUT2D eigenvalue weighted by atomic mass is 35.5. The molecular formula is C14H20ClNOS. The number of hydrogen-bond acceptors (Lipinski definition) is 2. The smallest absolute Gasteiger partial charge is 0.0621 e. The summed E-state index contributed by atoms with van der Waals surface area (Å²) in [6, 6.07) is 5.27. The van der Waals surface area contributed by atoms with Gasteiger partial charge in [0.2, 0.25) is 0 Å². The number of halogens is 1. The van der Waals surface area contributed by atoms with E-state index in [9.17, 15) is 4.21 Å². The standard InChI is InChI=1S/C14H20ClNOS/c1-2-10-4-3-5-12(8-10)18(17)14-7-6-11(15)9-13(14)16/h6-7,9-10,12H,2-5,8,16H2,1H3. The van der Waals surface area contributed by atoms with E-state index in [4.69, 9.17) is 17.3 Å². The minimum atomic E-state index is -0.996. The van der Waals surface area contributed by atoms with Crippen LogP contribution in [0.5, 0.6) is 0 Å². The van der Waals surface area contributed by atoms with Gasteiger partial charge < -0.3 is 5.73 Å². The van der Waals surface area contributed by atoms with Gasteiger partial charge in [0.1, 0.15) is 0 Å². The van der Waals surface area contributed by atoms with Gasteiger partial charge in [-0.1, -0.05) is 37.8 Å². The van der Waals surface area contributed by atoms with E-state index in [2.05, 4.69) is 6.92 Å². The molecule has 0 saturated heterocycles. The van der Waals surface area contributed by atoms with Crippen LogP contribution in [0, 0.1) is 5.92 Å². The number of anilines is 1. The Morgan fingerprint density at radius 2 is 2.22 bits per heavy atom. The Hall–Kier alpha value is -0.540. The molecule has 1 fully saturated rings. The largest absolute Gasteiger partial charge is 0.398 e. The van der Waals surface area contributed by atoms with E-state index in [0.29, 0.717) is 10.7 Å². The van der Waals surface area contributed by atoms with E-state index in [-0.39, 0.29) is 5.25 Å². The predicted octanol–water partition coefficient (Wildman–Crippen LogP) is 4.00. The Morgan fingerprint density at radius 1 is 1.44 bits per heavy atom. The van der Waals surface area contributed by atoms with Gasteiger partial charge in [0, 0.05) is 16.0 Å². The summed E-state index contributed by atoms with van der Waals surface area (Å²) < 4.78 is 12.6. The highest BCUT2D eigenvalue weighted by Gasteiger charge is 2.27. The fourth-order valence-electron chi connectivity index (χ4n) is 2.69. The molecule has 3 atom stereocenters. The molecule has 1 aromatic rings. The van der Waals surface area contributed by atoms with Crippen LogP contribution >= 0.6 is 11.6 Å². The van der Waals surface area contributed by atoms with Crippen LogP contribution in [0.15, 0.2) is 23.1 Å². The van der Waals surface area contributed by atoms with Gasteiger partial charge in [0.15, 0.2) is 0 Å². The van der Waals surface area contributed by atoms with Gasteiger partial charge in [0.05, 0.1) is 15.7 Å². The molecule has 4 heteroatoms. The zero-order valence-corrected chi connectivity index (χ0v) is 12.3. The molecule has 1 saturated carbocycles. The minimum absolute atomic E-state index is 0.257. The van der Waals surface area contributed by atoms with E-state index in [1.54, 1.807) is 12.1 Å². The van der Waals surface area contributed by atoms with E-state index >= 15 is 0 Å². The van der Waals surface area contributed by atoms with Crippen LogP contribution in [0.2, 0.25) is 5.02 Å². The number of rotatable bonds is 3. The highest BCUT2D eigenvalue weighted by Crippen LogP contribution is 2.33. The molecule has 0 bridgehead atoms. The highest BCUT2D eigenvalue weighted by molar-refractivity contribution is 7.85. The predicted molar refractivity (Wildman–Crippen MR) is 78.3 cm³/mol. The second-order valence-corrected chi connectivity index (χ2v) is 7.18. The van der Waals surface area contributed by atoms with Gasteiger partial charge >= 0.3 is 0 Å². The van der Waals surface area contributed by atoms with Gasteiger partial charge in [-0.15, -0.1) is 0 Å². The molecule has 2 rings (SSSR count).